The first kappa shape index (κ1) is 12.0. The van der Waals surface area contributed by atoms with E-state index in [-0.39, 0.29) is 5.91 Å². The fourth-order valence-corrected chi connectivity index (χ4v) is 2.82. The lowest BCUT2D eigenvalue weighted by molar-refractivity contribution is -0.119. The lowest BCUT2D eigenvalue weighted by Gasteiger charge is -2.31. The number of carbonyl (C=O) groups is 2. The highest BCUT2D eigenvalue weighted by atomic mass is 32.1. The number of fused-ring (bicyclic) bond motifs is 1. The standard InChI is InChI=1S/C10H12N6O2S/c1-7-11-12-10-16(7)13-8(19-10)9(18)15-4-2-14(6-17)3-5-15/h6H,2-5H2,1H3. The summed E-state index contributed by atoms with van der Waals surface area (Å²) in [7, 11) is 0. The van der Waals surface area contributed by atoms with E-state index in [9.17, 15) is 9.59 Å². The van der Waals surface area contributed by atoms with Gasteiger partial charge >= 0.3 is 0 Å². The Morgan fingerprint density at radius 3 is 2.63 bits per heavy atom. The van der Waals surface area contributed by atoms with Crippen molar-refractivity contribution in [2.75, 3.05) is 26.2 Å². The van der Waals surface area contributed by atoms with Gasteiger partial charge in [-0.05, 0) is 6.92 Å². The van der Waals surface area contributed by atoms with Crippen LogP contribution in [0, 0.1) is 6.92 Å². The van der Waals surface area contributed by atoms with E-state index in [1.807, 2.05) is 0 Å². The predicted octanol–water partition coefficient (Wildman–Crippen LogP) is -0.592. The normalized spacial score (nSPS) is 16.1. The molecule has 2 aromatic heterocycles. The van der Waals surface area contributed by atoms with Crippen LogP contribution in [0.4, 0.5) is 0 Å². The molecule has 0 N–H and O–H groups in total. The molecule has 1 aliphatic rings. The van der Waals surface area contributed by atoms with Crippen LogP contribution in [-0.4, -0.2) is 68.1 Å². The van der Waals surface area contributed by atoms with Crippen molar-refractivity contribution in [2.45, 2.75) is 6.92 Å². The molecule has 9 heteroatoms. The molecule has 0 aromatic carbocycles. The summed E-state index contributed by atoms with van der Waals surface area (Å²) < 4.78 is 1.57. The zero-order valence-electron chi connectivity index (χ0n) is 10.3. The molecule has 1 fully saturated rings. The topological polar surface area (TPSA) is 83.7 Å². The molecular formula is C10H12N6O2S. The monoisotopic (exact) mass is 280 g/mol. The molecule has 3 heterocycles. The Balaban J connectivity index is 1.78. The average molecular weight is 280 g/mol. The van der Waals surface area contributed by atoms with Crippen molar-refractivity contribution >= 4 is 28.6 Å². The molecule has 0 saturated carbocycles. The molecule has 1 saturated heterocycles. The molecule has 0 unspecified atom stereocenters. The summed E-state index contributed by atoms with van der Waals surface area (Å²) in [6.45, 7) is 4.00. The Hall–Kier alpha value is -2.03. The van der Waals surface area contributed by atoms with Crippen molar-refractivity contribution in [3.05, 3.63) is 10.8 Å². The van der Waals surface area contributed by atoms with E-state index in [1.54, 1.807) is 21.2 Å². The largest absolute Gasteiger partial charge is 0.342 e. The van der Waals surface area contributed by atoms with Gasteiger partial charge in [0.1, 0.15) is 0 Å². The summed E-state index contributed by atoms with van der Waals surface area (Å²) in [6, 6.07) is 0. The summed E-state index contributed by atoms with van der Waals surface area (Å²) in [5, 5.41) is 12.4. The Morgan fingerprint density at radius 2 is 2.00 bits per heavy atom. The molecule has 0 radical (unpaired) electrons. The van der Waals surface area contributed by atoms with Crippen molar-refractivity contribution in [2.24, 2.45) is 0 Å². The number of amides is 2. The summed E-state index contributed by atoms with van der Waals surface area (Å²) in [6.07, 6.45) is 0.814. The second-order valence-electron chi connectivity index (χ2n) is 4.28. The number of nitrogens with zero attached hydrogens (tertiary/aromatic N) is 6. The van der Waals surface area contributed by atoms with Gasteiger partial charge in [-0.1, -0.05) is 11.3 Å². The van der Waals surface area contributed by atoms with E-state index >= 15 is 0 Å². The minimum absolute atomic E-state index is 0.111. The fraction of sp³-hybridized carbons (Fsp3) is 0.500. The first-order valence-electron chi connectivity index (χ1n) is 5.86. The zero-order valence-corrected chi connectivity index (χ0v) is 11.1. The van der Waals surface area contributed by atoms with Gasteiger partial charge < -0.3 is 9.80 Å². The van der Waals surface area contributed by atoms with Crippen LogP contribution in [0.5, 0.6) is 0 Å². The smallest absolute Gasteiger partial charge is 0.284 e. The van der Waals surface area contributed by atoms with Crippen LogP contribution in [0.1, 0.15) is 15.6 Å². The highest BCUT2D eigenvalue weighted by molar-refractivity contribution is 7.18. The van der Waals surface area contributed by atoms with Gasteiger partial charge in [0.05, 0.1) is 0 Å². The van der Waals surface area contributed by atoms with E-state index in [0.717, 1.165) is 6.41 Å². The van der Waals surface area contributed by atoms with Gasteiger partial charge in [-0.2, -0.15) is 4.52 Å². The van der Waals surface area contributed by atoms with Crippen LogP contribution >= 0.6 is 11.3 Å². The predicted molar refractivity (Wildman–Crippen MR) is 66.9 cm³/mol. The lowest BCUT2D eigenvalue weighted by atomic mass is 10.3. The zero-order chi connectivity index (χ0) is 13.4. The average Bonchev–Trinajstić information content (AvgIpc) is 3.01. The highest BCUT2D eigenvalue weighted by Gasteiger charge is 2.24. The van der Waals surface area contributed by atoms with Crippen molar-refractivity contribution in [1.29, 1.82) is 0 Å². The Kier molecular flexibility index (Phi) is 2.90. The molecule has 0 aliphatic carbocycles. The first-order chi connectivity index (χ1) is 9.19. The van der Waals surface area contributed by atoms with Gasteiger partial charge in [0.25, 0.3) is 5.91 Å². The molecule has 0 spiro atoms. The van der Waals surface area contributed by atoms with Crippen LogP contribution in [0.25, 0.3) is 4.96 Å². The van der Waals surface area contributed by atoms with Gasteiger partial charge in [0, 0.05) is 26.2 Å². The summed E-state index contributed by atoms with van der Waals surface area (Å²) in [5.74, 6) is 0.552. The molecule has 0 bridgehead atoms. The Labute approximate surface area is 112 Å². The van der Waals surface area contributed by atoms with Gasteiger partial charge in [-0.15, -0.1) is 15.3 Å². The van der Waals surface area contributed by atoms with Crippen LogP contribution in [0.15, 0.2) is 0 Å². The number of hydrogen-bond donors (Lipinski definition) is 0. The van der Waals surface area contributed by atoms with E-state index in [0.29, 0.717) is 42.0 Å². The number of rotatable bonds is 2. The van der Waals surface area contributed by atoms with Gasteiger partial charge in [-0.3, -0.25) is 9.59 Å². The Bertz CT molecular complexity index is 627. The fourth-order valence-electron chi connectivity index (χ4n) is 1.97. The third kappa shape index (κ3) is 2.05. The maximum Gasteiger partial charge on any atom is 0.284 e. The molecule has 100 valence electrons. The minimum Gasteiger partial charge on any atom is -0.342 e. The summed E-state index contributed by atoms with van der Waals surface area (Å²) >= 11 is 1.23. The first-order valence-corrected chi connectivity index (χ1v) is 6.68. The number of aryl methyl sites for hydroxylation is 1. The van der Waals surface area contributed by atoms with Crippen molar-refractivity contribution < 1.29 is 9.59 Å². The van der Waals surface area contributed by atoms with Crippen molar-refractivity contribution in [3.63, 3.8) is 0 Å². The molecule has 3 rings (SSSR count). The SMILES string of the molecule is Cc1nnc2sc(C(=O)N3CCN(C=O)CC3)nn12. The van der Waals surface area contributed by atoms with Gasteiger partial charge in [0.2, 0.25) is 16.4 Å². The molecular weight excluding hydrogens is 268 g/mol. The van der Waals surface area contributed by atoms with Crippen molar-refractivity contribution in [1.82, 2.24) is 29.6 Å². The van der Waals surface area contributed by atoms with Crippen LogP contribution in [-0.2, 0) is 4.79 Å². The maximum absolute atomic E-state index is 12.3. The van der Waals surface area contributed by atoms with E-state index in [4.69, 9.17) is 0 Å². The van der Waals surface area contributed by atoms with Crippen LogP contribution in [0.2, 0.25) is 0 Å². The molecule has 2 amide bonds. The molecule has 8 nitrogen and oxygen atoms in total. The number of hydrogen-bond acceptors (Lipinski definition) is 6. The maximum atomic E-state index is 12.3. The molecule has 1 aliphatic heterocycles. The lowest BCUT2D eigenvalue weighted by Crippen LogP contribution is -2.48. The van der Waals surface area contributed by atoms with Gasteiger partial charge in [-0.25, -0.2) is 0 Å². The van der Waals surface area contributed by atoms with E-state index < -0.39 is 0 Å². The summed E-state index contributed by atoms with van der Waals surface area (Å²) in [5.41, 5.74) is 0. The highest BCUT2D eigenvalue weighted by Crippen LogP contribution is 2.16. The number of carbonyl (C=O) groups excluding carboxylic acids is 2. The second-order valence-corrected chi connectivity index (χ2v) is 5.24. The third-order valence-electron chi connectivity index (χ3n) is 3.08. The minimum atomic E-state index is -0.111. The number of aromatic nitrogens is 4. The number of piperazine rings is 1. The third-order valence-corrected chi connectivity index (χ3v) is 3.97. The van der Waals surface area contributed by atoms with Crippen LogP contribution in [0.3, 0.4) is 0 Å². The van der Waals surface area contributed by atoms with E-state index in [2.05, 4.69) is 15.3 Å². The molecule has 2 aromatic rings. The molecule has 0 atom stereocenters. The quantitative estimate of drug-likeness (QED) is 0.686. The Morgan fingerprint density at radius 1 is 1.26 bits per heavy atom. The van der Waals surface area contributed by atoms with Crippen LogP contribution < -0.4 is 0 Å². The van der Waals surface area contributed by atoms with Gasteiger partial charge in [0.15, 0.2) is 5.82 Å². The van der Waals surface area contributed by atoms with Crippen molar-refractivity contribution in [3.8, 4) is 0 Å². The summed E-state index contributed by atoms with van der Waals surface area (Å²) in [4.78, 5) is 26.9. The second kappa shape index (κ2) is 4.57. The van der Waals surface area contributed by atoms with E-state index in [1.165, 1.54) is 11.3 Å². The molecule has 19 heavy (non-hydrogen) atoms.